The lowest BCUT2D eigenvalue weighted by Crippen LogP contribution is -2.03. The molecule has 0 amide bonds. The van der Waals surface area contributed by atoms with E-state index in [1.807, 2.05) is 32.0 Å². The first-order chi connectivity index (χ1) is 9.08. The molecule has 19 heavy (non-hydrogen) atoms. The highest BCUT2D eigenvalue weighted by atomic mass is 16.1. The Morgan fingerprint density at radius 3 is 2.84 bits per heavy atom. The maximum Gasteiger partial charge on any atom is 0.156 e. The number of terminal acetylenes is 1. The van der Waals surface area contributed by atoms with Crippen LogP contribution >= 0.6 is 0 Å². The van der Waals surface area contributed by atoms with E-state index < -0.39 is 0 Å². The summed E-state index contributed by atoms with van der Waals surface area (Å²) in [7, 11) is 0. The first-order valence-corrected chi connectivity index (χ1v) is 5.91. The number of aromatic nitrogens is 2. The minimum absolute atomic E-state index is 0.248. The molecular weight excluding hydrogens is 238 g/mol. The van der Waals surface area contributed by atoms with E-state index >= 15 is 0 Å². The average Bonchev–Trinajstić information content (AvgIpc) is 2.70. The average molecular weight is 253 g/mol. The van der Waals surface area contributed by atoms with Gasteiger partial charge in [0.05, 0.1) is 5.56 Å². The van der Waals surface area contributed by atoms with Crippen LogP contribution in [-0.4, -0.2) is 16.1 Å². The highest BCUT2D eigenvalue weighted by Crippen LogP contribution is 2.29. The highest BCUT2D eigenvalue weighted by Gasteiger charge is 2.17. The summed E-state index contributed by atoms with van der Waals surface area (Å²) < 4.78 is 1.47. The fourth-order valence-electron chi connectivity index (χ4n) is 2.00. The van der Waals surface area contributed by atoms with Crippen LogP contribution in [0.3, 0.4) is 0 Å². The number of hydrogen-bond acceptors (Lipinski definition) is 3. The second-order valence-electron chi connectivity index (χ2n) is 4.45. The third kappa shape index (κ3) is 2.23. The fraction of sp³-hybridized carbons (Fsp3) is 0.200. The molecule has 0 aliphatic heterocycles. The van der Waals surface area contributed by atoms with Gasteiger partial charge in [-0.2, -0.15) is 5.10 Å². The van der Waals surface area contributed by atoms with Gasteiger partial charge in [0.2, 0.25) is 0 Å². The normalized spacial score (nSPS) is 10.2. The van der Waals surface area contributed by atoms with E-state index in [2.05, 4.69) is 11.0 Å². The molecule has 1 heterocycles. The molecule has 96 valence electrons. The molecule has 0 fully saturated rings. The van der Waals surface area contributed by atoms with Crippen LogP contribution in [0.5, 0.6) is 0 Å². The third-order valence-corrected chi connectivity index (χ3v) is 3.04. The smallest absolute Gasteiger partial charge is 0.156 e. The van der Waals surface area contributed by atoms with E-state index in [1.165, 1.54) is 4.68 Å². The summed E-state index contributed by atoms with van der Waals surface area (Å²) in [6.45, 7) is 4.21. The van der Waals surface area contributed by atoms with Crippen LogP contribution in [0.1, 0.15) is 21.5 Å². The summed E-state index contributed by atoms with van der Waals surface area (Å²) in [6, 6.07) is 6.00. The second-order valence-corrected chi connectivity index (χ2v) is 4.45. The van der Waals surface area contributed by atoms with Gasteiger partial charge in [0.1, 0.15) is 18.1 Å². The lowest BCUT2D eigenvalue weighted by atomic mass is 10.0. The molecule has 2 aromatic rings. The molecule has 0 spiro atoms. The van der Waals surface area contributed by atoms with Crippen molar-refractivity contribution in [2.24, 2.45) is 0 Å². The predicted molar refractivity (Wildman–Crippen MR) is 75.8 cm³/mol. The van der Waals surface area contributed by atoms with E-state index in [1.54, 1.807) is 0 Å². The van der Waals surface area contributed by atoms with Crippen molar-refractivity contribution in [2.75, 3.05) is 5.73 Å². The van der Waals surface area contributed by atoms with Crippen molar-refractivity contribution in [2.45, 2.75) is 20.4 Å². The van der Waals surface area contributed by atoms with Crippen molar-refractivity contribution in [3.05, 3.63) is 34.9 Å². The number of hydrogen-bond donors (Lipinski definition) is 1. The number of carbonyl (C=O) groups excluding carboxylic acids is 1. The number of aldehydes is 1. The Morgan fingerprint density at radius 2 is 2.21 bits per heavy atom. The van der Waals surface area contributed by atoms with E-state index in [0.717, 1.165) is 23.0 Å². The minimum Gasteiger partial charge on any atom is -0.383 e. The zero-order valence-corrected chi connectivity index (χ0v) is 11.0. The van der Waals surface area contributed by atoms with Gasteiger partial charge in [0.25, 0.3) is 0 Å². The van der Waals surface area contributed by atoms with Crippen molar-refractivity contribution in [3.8, 4) is 23.6 Å². The summed E-state index contributed by atoms with van der Waals surface area (Å²) in [5.41, 5.74) is 9.93. The molecule has 4 heteroatoms. The number of rotatable bonds is 3. The van der Waals surface area contributed by atoms with Crippen LogP contribution in [0, 0.1) is 26.2 Å². The van der Waals surface area contributed by atoms with Gasteiger partial charge in [-0.05, 0) is 25.5 Å². The molecule has 0 saturated carbocycles. The number of nitrogen functional groups attached to an aromatic ring is 1. The van der Waals surface area contributed by atoms with Crippen LogP contribution in [0.25, 0.3) is 11.3 Å². The molecule has 4 nitrogen and oxygen atoms in total. The molecule has 0 aliphatic carbocycles. The van der Waals surface area contributed by atoms with Gasteiger partial charge >= 0.3 is 0 Å². The monoisotopic (exact) mass is 253 g/mol. The highest BCUT2D eigenvalue weighted by molar-refractivity contribution is 5.92. The quantitative estimate of drug-likeness (QED) is 0.673. The molecule has 0 unspecified atom stereocenters. The second kappa shape index (κ2) is 4.99. The summed E-state index contributed by atoms with van der Waals surface area (Å²) in [4.78, 5) is 11.3. The predicted octanol–water partition coefficient (Wildman–Crippen LogP) is 2.19. The maximum absolute atomic E-state index is 11.3. The largest absolute Gasteiger partial charge is 0.383 e. The van der Waals surface area contributed by atoms with Crippen LogP contribution < -0.4 is 5.73 Å². The maximum atomic E-state index is 11.3. The molecule has 1 aromatic carbocycles. The summed E-state index contributed by atoms with van der Waals surface area (Å²) in [5.74, 6) is 2.78. The first kappa shape index (κ1) is 12.9. The summed E-state index contributed by atoms with van der Waals surface area (Å²) in [5, 5.41) is 4.36. The zero-order valence-electron chi connectivity index (χ0n) is 11.0. The van der Waals surface area contributed by atoms with Crippen LogP contribution in [-0.2, 0) is 6.54 Å². The van der Waals surface area contributed by atoms with Gasteiger partial charge in [0, 0.05) is 5.56 Å². The van der Waals surface area contributed by atoms with Gasteiger partial charge in [-0.25, -0.2) is 4.68 Å². The molecule has 0 bridgehead atoms. The number of anilines is 1. The number of carbonyl (C=O) groups is 1. The summed E-state index contributed by atoms with van der Waals surface area (Å²) in [6.07, 6.45) is 6.00. The SMILES string of the molecule is C#CCn1nc(-c2cc(C)ccc2C)c(C=O)c1N. The van der Waals surface area contributed by atoms with E-state index in [9.17, 15) is 4.79 Å². The molecule has 0 radical (unpaired) electrons. The van der Waals surface area contributed by atoms with Crippen LogP contribution in [0.15, 0.2) is 18.2 Å². The van der Waals surface area contributed by atoms with E-state index in [-0.39, 0.29) is 6.54 Å². The molecule has 0 atom stereocenters. The zero-order chi connectivity index (χ0) is 14.0. The van der Waals surface area contributed by atoms with Crippen LogP contribution in [0.4, 0.5) is 5.82 Å². The van der Waals surface area contributed by atoms with Crippen molar-refractivity contribution >= 4 is 12.1 Å². The molecule has 0 aliphatic rings. The Morgan fingerprint density at radius 1 is 1.47 bits per heavy atom. The summed E-state index contributed by atoms with van der Waals surface area (Å²) >= 11 is 0. The van der Waals surface area contributed by atoms with Crippen molar-refractivity contribution < 1.29 is 4.79 Å². The minimum atomic E-state index is 0.248. The van der Waals surface area contributed by atoms with Crippen LogP contribution in [0.2, 0.25) is 0 Å². The van der Waals surface area contributed by atoms with E-state index in [0.29, 0.717) is 17.1 Å². The molecule has 1 aromatic heterocycles. The number of benzene rings is 1. The van der Waals surface area contributed by atoms with Gasteiger partial charge < -0.3 is 5.73 Å². The third-order valence-electron chi connectivity index (χ3n) is 3.04. The number of aryl methyl sites for hydroxylation is 2. The molecule has 2 rings (SSSR count). The number of nitrogens with two attached hydrogens (primary N) is 1. The topological polar surface area (TPSA) is 60.9 Å². The van der Waals surface area contributed by atoms with Crippen molar-refractivity contribution in [1.29, 1.82) is 0 Å². The Kier molecular flexibility index (Phi) is 3.39. The Hall–Kier alpha value is -2.54. The number of nitrogens with zero attached hydrogens (tertiary/aromatic N) is 2. The van der Waals surface area contributed by atoms with Gasteiger partial charge in [0.15, 0.2) is 6.29 Å². The van der Waals surface area contributed by atoms with Gasteiger partial charge in [-0.3, -0.25) is 4.79 Å². The molecule has 0 saturated heterocycles. The Labute approximate surface area is 112 Å². The van der Waals surface area contributed by atoms with Gasteiger partial charge in [-0.1, -0.05) is 23.6 Å². The van der Waals surface area contributed by atoms with Crippen molar-refractivity contribution in [3.63, 3.8) is 0 Å². The van der Waals surface area contributed by atoms with Crippen molar-refractivity contribution in [1.82, 2.24) is 9.78 Å². The lowest BCUT2D eigenvalue weighted by molar-refractivity contribution is 0.112. The van der Waals surface area contributed by atoms with E-state index in [4.69, 9.17) is 12.2 Å². The molecule has 2 N–H and O–H groups in total. The standard InChI is InChI=1S/C15H15N3O/c1-4-7-18-15(16)13(9-19)14(17-18)12-8-10(2)5-6-11(12)3/h1,5-6,8-9H,7,16H2,2-3H3. The fourth-order valence-corrected chi connectivity index (χ4v) is 2.00. The Bertz CT molecular complexity index is 677. The first-order valence-electron chi connectivity index (χ1n) is 5.91. The lowest BCUT2D eigenvalue weighted by Gasteiger charge is -2.04. The molecular formula is C15H15N3O. The van der Waals surface area contributed by atoms with Gasteiger partial charge in [-0.15, -0.1) is 6.42 Å². The Balaban J connectivity index is 2.68.